The first kappa shape index (κ1) is 12.3. The van der Waals surface area contributed by atoms with Gasteiger partial charge < -0.3 is 15.2 Å². The van der Waals surface area contributed by atoms with Crippen LogP contribution in [0.3, 0.4) is 0 Å². The molecule has 1 aromatic carbocycles. The van der Waals surface area contributed by atoms with Crippen molar-refractivity contribution in [3.05, 3.63) is 36.4 Å². The van der Waals surface area contributed by atoms with Crippen molar-refractivity contribution in [1.29, 1.82) is 0 Å². The molecule has 0 spiro atoms. The molecule has 2 aromatic rings. The van der Waals surface area contributed by atoms with Gasteiger partial charge in [0.05, 0.1) is 12.3 Å². The first-order chi connectivity index (χ1) is 8.81. The highest BCUT2D eigenvalue weighted by Gasteiger charge is 2.07. The second-order valence-electron chi connectivity index (χ2n) is 3.68. The lowest BCUT2D eigenvalue weighted by atomic mass is 10.1. The van der Waals surface area contributed by atoms with Gasteiger partial charge in [-0.05, 0) is 24.3 Å². The number of ether oxygens (including phenoxy) is 2. The molecule has 0 unspecified atom stereocenters. The van der Waals surface area contributed by atoms with Crippen LogP contribution in [0.25, 0.3) is 11.3 Å². The van der Waals surface area contributed by atoms with Gasteiger partial charge in [0.1, 0.15) is 18.2 Å². The van der Waals surface area contributed by atoms with Crippen LogP contribution in [0, 0.1) is 0 Å². The number of anilines is 1. The lowest BCUT2D eigenvalue weighted by Gasteiger charge is -2.10. The summed E-state index contributed by atoms with van der Waals surface area (Å²) in [5.41, 5.74) is 7.14. The third-order valence-corrected chi connectivity index (χ3v) is 2.39. The molecule has 0 saturated heterocycles. The first-order valence-electron chi connectivity index (χ1n) is 5.61. The highest BCUT2D eigenvalue weighted by Crippen LogP contribution is 2.27. The molecule has 0 aliphatic rings. The van der Waals surface area contributed by atoms with Crippen LogP contribution < -0.4 is 10.5 Å². The number of aromatic nitrogens is 2. The van der Waals surface area contributed by atoms with Gasteiger partial charge >= 0.3 is 0 Å². The molecule has 0 atom stereocenters. The molecule has 0 bridgehead atoms. The fraction of sp³-hybridized carbons (Fsp3) is 0.231. The quantitative estimate of drug-likeness (QED) is 0.813. The Bertz CT molecular complexity index is 500. The SMILES string of the molecule is COCCOc1ccccc1-c1ccc(N)nn1. The minimum absolute atomic E-state index is 0.400. The van der Waals surface area contributed by atoms with Crippen LogP contribution in [-0.4, -0.2) is 30.5 Å². The summed E-state index contributed by atoms with van der Waals surface area (Å²) in [6.45, 7) is 1.04. The maximum absolute atomic E-state index is 5.64. The minimum Gasteiger partial charge on any atom is -0.490 e. The second kappa shape index (κ2) is 5.97. The number of para-hydroxylation sites is 1. The topological polar surface area (TPSA) is 70.3 Å². The van der Waals surface area contributed by atoms with Crippen molar-refractivity contribution in [3.63, 3.8) is 0 Å². The number of hydrogen-bond acceptors (Lipinski definition) is 5. The van der Waals surface area contributed by atoms with Crippen molar-refractivity contribution in [2.24, 2.45) is 0 Å². The van der Waals surface area contributed by atoms with Crippen LogP contribution in [0.5, 0.6) is 5.75 Å². The molecule has 94 valence electrons. The molecule has 0 radical (unpaired) electrons. The van der Waals surface area contributed by atoms with E-state index >= 15 is 0 Å². The van der Waals surface area contributed by atoms with Gasteiger partial charge in [-0.1, -0.05) is 12.1 Å². The van der Waals surface area contributed by atoms with E-state index in [0.29, 0.717) is 19.0 Å². The summed E-state index contributed by atoms with van der Waals surface area (Å²) in [5.74, 6) is 1.16. The Kier molecular flexibility index (Phi) is 4.09. The number of benzene rings is 1. The van der Waals surface area contributed by atoms with E-state index in [4.69, 9.17) is 15.2 Å². The molecule has 0 fully saturated rings. The Labute approximate surface area is 106 Å². The molecule has 0 aliphatic carbocycles. The van der Waals surface area contributed by atoms with E-state index in [0.717, 1.165) is 17.0 Å². The van der Waals surface area contributed by atoms with E-state index in [2.05, 4.69) is 10.2 Å². The molecule has 2 N–H and O–H groups in total. The summed E-state index contributed by atoms with van der Waals surface area (Å²) < 4.78 is 10.6. The molecule has 0 saturated carbocycles. The molecule has 1 heterocycles. The fourth-order valence-electron chi connectivity index (χ4n) is 1.53. The van der Waals surface area contributed by atoms with Gasteiger partial charge in [0.25, 0.3) is 0 Å². The summed E-state index contributed by atoms with van der Waals surface area (Å²) in [5, 5.41) is 7.89. The van der Waals surface area contributed by atoms with Crippen LogP contribution in [-0.2, 0) is 4.74 Å². The predicted octanol–water partition coefficient (Wildman–Crippen LogP) is 1.75. The van der Waals surface area contributed by atoms with Crippen molar-refractivity contribution >= 4 is 5.82 Å². The maximum atomic E-state index is 5.64. The van der Waals surface area contributed by atoms with E-state index in [1.54, 1.807) is 13.2 Å². The molecule has 1 aromatic heterocycles. The fourth-order valence-corrected chi connectivity index (χ4v) is 1.53. The van der Waals surface area contributed by atoms with Crippen LogP contribution in [0.2, 0.25) is 0 Å². The smallest absolute Gasteiger partial charge is 0.146 e. The summed E-state index contributed by atoms with van der Waals surface area (Å²) in [4.78, 5) is 0. The van der Waals surface area contributed by atoms with E-state index in [9.17, 15) is 0 Å². The Morgan fingerprint density at radius 2 is 1.89 bits per heavy atom. The zero-order valence-corrected chi connectivity index (χ0v) is 10.2. The van der Waals surface area contributed by atoms with Gasteiger partial charge in [-0.2, -0.15) is 0 Å². The lowest BCUT2D eigenvalue weighted by Crippen LogP contribution is -2.05. The molecular formula is C13H15N3O2. The van der Waals surface area contributed by atoms with Crippen LogP contribution >= 0.6 is 0 Å². The average Bonchev–Trinajstić information content (AvgIpc) is 2.41. The van der Waals surface area contributed by atoms with E-state index in [1.807, 2.05) is 30.3 Å². The summed E-state index contributed by atoms with van der Waals surface area (Å²) in [6, 6.07) is 11.2. The van der Waals surface area contributed by atoms with Crippen LogP contribution in [0.4, 0.5) is 5.82 Å². The number of hydrogen-bond donors (Lipinski definition) is 1. The highest BCUT2D eigenvalue weighted by molar-refractivity contribution is 5.67. The third kappa shape index (κ3) is 2.95. The van der Waals surface area contributed by atoms with Crippen LogP contribution in [0.1, 0.15) is 0 Å². The predicted molar refractivity (Wildman–Crippen MR) is 69.3 cm³/mol. The largest absolute Gasteiger partial charge is 0.490 e. The van der Waals surface area contributed by atoms with Gasteiger partial charge in [0.15, 0.2) is 0 Å². The number of nitrogens with two attached hydrogens (primary N) is 1. The zero-order chi connectivity index (χ0) is 12.8. The maximum Gasteiger partial charge on any atom is 0.146 e. The number of rotatable bonds is 5. The van der Waals surface area contributed by atoms with Crippen molar-refractivity contribution in [2.45, 2.75) is 0 Å². The molecule has 0 amide bonds. The van der Waals surface area contributed by atoms with Crippen molar-refractivity contribution in [1.82, 2.24) is 10.2 Å². The highest BCUT2D eigenvalue weighted by atomic mass is 16.5. The molecule has 2 rings (SSSR count). The lowest BCUT2D eigenvalue weighted by molar-refractivity contribution is 0.146. The van der Waals surface area contributed by atoms with E-state index in [1.165, 1.54) is 0 Å². The van der Waals surface area contributed by atoms with Crippen molar-refractivity contribution in [3.8, 4) is 17.0 Å². The second-order valence-corrected chi connectivity index (χ2v) is 3.68. The molecule has 18 heavy (non-hydrogen) atoms. The zero-order valence-electron chi connectivity index (χ0n) is 10.2. The summed E-state index contributed by atoms with van der Waals surface area (Å²) in [7, 11) is 1.64. The van der Waals surface area contributed by atoms with Gasteiger partial charge in [0, 0.05) is 12.7 Å². The van der Waals surface area contributed by atoms with Gasteiger partial charge in [0.2, 0.25) is 0 Å². The number of methoxy groups -OCH3 is 1. The first-order valence-corrected chi connectivity index (χ1v) is 5.61. The Hall–Kier alpha value is -2.14. The summed E-state index contributed by atoms with van der Waals surface area (Å²) in [6.07, 6.45) is 0. The van der Waals surface area contributed by atoms with E-state index in [-0.39, 0.29) is 0 Å². The Balaban J connectivity index is 2.23. The molecular weight excluding hydrogens is 230 g/mol. The monoisotopic (exact) mass is 245 g/mol. The standard InChI is InChI=1S/C13H15N3O2/c1-17-8-9-18-12-5-3-2-4-10(12)11-6-7-13(14)16-15-11/h2-7H,8-9H2,1H3,(H2,14,16). The van der Waals surface area contributed by atoms with Crippen LogP contribution in [0.15, 0.2) is 36.4 Å². The molecule has 5 nitrogen and oxygen atoms in total. The third-order valence-electron chi connectivity index (χ3n) is 2.39. The number of nitrogens with zero attached hydrogens (tertiary/aromatic N) is 2. The molecule has 0 aliphatic heterocycles. The molecule has 5 heteroatoms. The van der Waals surface area contributed by atoms with Gasteiger partial charge in [-0.15, -0.1) is 10.2 Å². The minimum atomic E-state index is 0.400. The Morgan fingerprint density at radius 3 is 2.61 bits per heavy atom. The summed E-state index contributed by atoms with van der Waals surface area (Å²) >= 11 is 0. The Morgan fingerprint density at radius 1 is 1.06 bits per heavy atom. The van der Waals surface area contributed by atoms with Crippen molar-refractivity contribution < 1.29 is 9.47 Å². The normalized spacial score (nSPS) is 10.3. The van der Waals surface area contributed by atoms with Gasteiger partial charge in [-0.25, -0.2) is 0 Å². The average molecular weight is 245 g/mol. The van der Waals surface area contributed by atoms with Crippen molar-refractivity contribution in [2.75, 3.05) is 26.1 Å². The van der Waals surface area contributed by atoms with E-state index < -0.39 is 0 Å². The van der Waals surface area contributed by atoms with Gasteiger partial charge in [-0.3, -0.25) is 0 Å². The number of nitrogen functional groups attached to an aromatic ring is 1.